The van der Waals surface area contributed by atoms with Crippen LogP contribution in [0.2, 0.25) is 0 Å². The number of hydrogen-bond donors (Lipinski definition) is 1. The van der Waals surface area contributed by atoms with Gasteiger partial charge in [-0.25, -0.2) is 14.5 Å². The monoisotopic (exact) mass is 385 g/mol. The van der Waals surface area contributed by atoms with Crippen LogP contribution in [0.5, 0.6) is 0 Å². The predicted molar refractivity (Wildman–Crippen MR) is 108 cm³/mol. The Balaban J connectivity index is 1.64. The first-order valence-electron chi connectivity index (χ1n) is 8.85. The zero-order valence-electron chi connectivity index (χ0n) is 15.2. The number of carbonyl (C=O) groups is 1. The lowest BCUT2D eigenvalue weighted by Gasteiger charge is -2.00. The maximum absolute atomic E-state index is 13.3. The topological polar surface area (TPSA) is 72.2 Å². The minimum atomic E-state index is -0.367. The third kappa shape index (κ3) is 4.24. The molecule has 0 spiro atoms. The fourth-order valence-corrected chi connectivity index (χ4v) is 2.75. The van der Waals surface area contributed by atoms with Crippen LogP contribution in [0, 0.1) is 5.82 Å². The molecule has 0 unspecified atom stereocenters. The maximum atomic E-state index is 13.3. The second-order valence-electron chi connectivity index (χ2n) is 6.16. The number of hydrazone groups is 1. The van der Waals surface area contributed by atoms with Crippen molar-refractivity contribution in [2.75, 3.05) is 0 Å². The van der Waals surface area contributed by atoms with Crippen molar-refractivity contribution in [1.82, 2.24) is 20.2 Å². The van der Waals surface area contributed by atoms with E-state index in [0.29, 0.717) is 16.8 Å². The number of aromatic nitrogens is 3. The van der Waals surface area contributed by atoms with E-state index in [-0.39, 0.29) is 11.7 Å². The Morgan fingerprint density at radius 3 is 2.55 bits per heavy atom. The number of nitrogens with one attached hydrogen (secondary N) is 1. The molecule has 0 saturated carbocycles. The molecular weight excluding hydrogens is 369 g/mol. The fraction of sp³-hybridized carbons (Fsp3) is 0. The Morgan fingerprint density at radius 1 is 1.03 bits per heavy atom. The number of carbonyl (C=O) groups excluding carboxylic acids is 1. The van der Waals surface area contributed by atoms with Gasteiger partial charge in [-0.1, -0.05) is 18.2 Å². The number of hydrogen-bond acceptors (Lipinski definition) is 4. The van der Waals surface area contributed by atoms with Crippen molar-refractivity contribution in [3.8, 4) is 16.9 Å². The smallest absolute Gasteiger partial charge is 0.267 e. The average molecular weight is 385 g/mol. The summed E-state index contributed by atoms with van der Waals surface area (Å²) in [5.74, 6) is -0.691. The van der Waals surface area contributed by atoms with Gasteiger partial charge in [0, 0.05) is 29.7 Å². The number of nitrogens with zero attached hydrogens (tertiary/aromatic N) is 4. The summed E-state index contributed by atoms with van der Waals surface area (Å²) in [5.41, 5.74) is 5.78. The molecular formula is C22H16FN5O. The van der Waals surface area contributed by atoms with E-state index in [1.165, 1.54) is 24.5 Å². The van der Waals surface area contributed by atoms with Crippen molar-refractivity contribution in [2.45, 2.75) is 0 Å². The summed E-state index contributed by atoms with van der Waals surface area (Å²) >= 11 is 0. The van der Waals surface area contributed by atoms with Crippen LogP contribution in [-0.2, 0) is 0 Å². The van der Waals surface area contributed by atoms with E-state index in [1.54, 1.807) is 41.3 Å². The second-order valence-corrected chi connectivity index (χ2v) is 6.16. The molecule has 0 aliphatic carbocycles. The number of para-hydroxylation sites is 1. The first kappa shape index (κ1) is 18.2. The van der Waals surface area contributed by atoms with Gasteiger partial charge in [-0.15, -0.1) is 0 Å². The summed E-state index contributed by atoms with van der Waals surface area (Å²) in [6.07, 6.45) is 6.36. The normalized spacial score (nSPS) is 10.9. The molecule has 1 amide bonds. The largest absolute Gasteiger partial charge is 0.272 e. The molecule has 142 valence electrons. The first-order valence-corrected chi connectivity index (χ1v) is 8.85. The molecule has 0 aliphatic rings. The molecule has 0 aliphatic heterocycles. The molecule has 2 aromatic heterocycles. The maximum Gasteiger partial charge on any atom is 0.272 e. The van der Waals surface area contributed by atoms with Crippen LogP contribution < -0.4 is 5.43 Å². The number of amides is 1. The Hall–Kier alpha value is -4.13. The highest BCUT2D eigenvalue weighted by Crippen LogP contribution is 2.23. The van der Waals surface area contributed by atoms with E-state index in [1.807, 2.05) is 30.3 Å². The van der Waals surface area contributed by atoms with Gasteiger partial charge in [0.1, 0.15) is 11.5 Å². The molecule has 6 nitrogen and oxygen atoms in total. The molecule has 0 saturated heterocycles. The van der Waals surface area contributed by atoms with Crippen molar-refractivity contribution in [3.05, 3.63) is 102 Å². The highest BCUT2D eigenvalue weighted by molar-refractivity contribution is 5.95. The van der Waals surface area contributed by atoms with Crippen LogP contribution in [0.4, 0.5) is 4.39 Å². The van der Waals surface area contributed by atoms with Gasteiger partial charge in [-0.2, -0.15) is 10.2 Å². The van der Waals surface area contributed by atoms with Crippen molar-refractivity contribution in [1.29, 1.82) is 0 Å². The van der Waals surface area contributed by atoms with E-state index in [2.05, 4.69) is 20.6 Å². The van der Waals surface area contributed by atoms with E-state index in [9.17, 15) is 9.18 Å². The molecule has 2 aromatic carbocycles. The summed E-state index contributed by atoms with van der Waals surface area (Å²) in [7, 11) is 0. The summed E-state index contributed by atoms with van der Waals surface area (Å²) < 4.78 is 15.0. The Morgan fingerprint density at radius 2 is 1.83 bits per heavy atom. The molecule has 0 radical (unpaired) electrons. The minimum Gasteiger partial charge on any atom is -0.267 e. The summed E-state index contributed by atoms with van der Waals surface area (Å²) in [4.78, 5) is 16.0. The summed E-state index contributed by atoms with van der Waals surface area (Å²) in [6, 6.07) is 19.0. The quantitative estimate of drug-likeness (QED) is 0.419. The van der Waals surface area contributed by atoms with Gasteiger partial charge in [0.2, 0.25) is 0 Å². The molecule has 1 N–H and O–H groups in total. The van der Waals surface area contributed by atoms with Gasteiger partial charge in [-0.3, -0.25) is 9.78 Å². The van der Waals surface area contributed by atoms with Gasteiger partial charge in [0.25, 0.3) is 5.91 Å². The number of halogens is 1. The molecule has 29 heavy (non-hydrogen) atoms. The van der Waals surface area contributed by atoms with E-state index in [0.717, 1.165) is 11.3 Å². The molecule has 4 aromatic rings. The lowest BCUT2D eigenvalue weighted by molar-refractivity contribution is 0.0955. The lowest BCUT2D eigenvalue weighted by Crippen LogP contribution is -2.17. The molecule has 0 bridgehead atoms. The average Bonchev–Trinajstić information content (AvgIpc) is 3.19. The number of benzene rings is 2. The van der Waals surface area contributed by atoms with Crippen LogP contribution in [0.1, 0.15) is 15.9 Å². The Kier molecular flexibility index (Phi) is 5.20. The third-order valence-corrected chi connectivity index (χ3v) is 4.17. The molecule has 0 fully saturated rings. The van der Waals surface area contributed by atoms with Gasteiger partial charge < -0.3 is 0 Å². The predicted octanol–water partition coefficient (Wildman–Crippen LogP) is 3.84. The van der Waals surface area contributed by atoms with Crippen LogP contribution in [0.3, 0.4) is 0 Å². The SMILES string of the molecule is O=C(NN=Cc1cn(-c2ccccc2)nc1-c1ccc(F)cc1)c1cccnc1. The lowest BCUT2D eigenvalue weighted by atomic mass is 10.1. The van der Waals surface area contributed by atoms with Gasteiger partial charge in [0.15, 0.2) is 0 Å². The van der Waals surface area contributed by atoms with E-state index < -0.39 is 0 Å². The standard InChI is InChI=1S/C22H16FN5O/c23-19-10-8-16(9-11-19)21-18(15-28(27-21)20-6-2-1-3-7-20)14-25-26-22(29)17-5-4-12-24-13-17/h1-15H,(H,26,29). The number of pyridine rings is 1. The van der Waals surface area contributed by atoms with Crippen LogP contribution >= 0.6 is 0 Å². The van der Waals surface area contributed by atoms with Gasteiger partial charge in [-0.05, 0) is 48.5 Å². The zero-order valence-corrected chi connectivity index (χ0v) is 15.2. The first-order chi connectivity index (χ1) is 14.2. The van der Waals surface area contributed by atoms with E-state index in [4.69, 9.17) is 0 Å². The molecule has 0 atom stereocenters. The molecule has 4 rings (SSSR count). The number of rotatable bonds is 5. The van der Waals surface area contributed by atoms with Crippen LogP contribution in [0.15, 0.2) is 90.4 Å². The molecule has 2 heterocycles. The van der Waals surface area contributed by atoms with Crippen LogP contribution in [0.25, 0.3) is 16.9 Å². The Bertz CT molecular complexity index is 1140. The van der Waals surface area contributed by atoms with Crippen LogP contribution in [-0.4, -0.2) is 26.9 Å². The van der Waals surface area contributed by atoms with Crippen molar-refractivity contribution in [3.63, 3.8) is 0 Å². The highest BCUT2D eigenvalue weighted by Gasteiger charge is 2.11. The summed E-state index contributed by atoms with van der Waals surface area (Å²) in [6.45, 7) is 0. The van der Waals surface area contributed by atoms with Crippen molar-refractivity contribution < 1.29 is 9.18 Å². The van der Waals surface area contributed by atoms with Crippen molar-refractivity contribution >= 4 is 12.1 Å². The Labute approximate surface area is 166 Å². The second kappa shape index (κ2) is 8.26. The highest BCUT2D eigenvalue weighted by atomic mass is 19.1. The molecule has 7 heteroatoms. The van der Waals surface area contributed by atoms with Crippen molar-refractivity contribution in [2.24, 2.45) is 5.10 Å². The van der Waals surface area contributed by atoms with Gasteiger partial charge >= 0.3 is 0 Å². The van der Waals surface area contributed by atoms with Gasteiger partial charge in [0.05, 0.1) is 17.5 Å². The minimum absolute atomic E-state index is 0.324. The fourth-order valence-electron chi connectivity index (χ4n) is 2.75. The third-order valence-electron chi connectivity index (χ3n) is 4.17. The van der Waals surface area contributed by atoms with E-state index >= 15 is 0 Å². The summed E-state index contributed by atoms with van der Waals surface area (Å²) in [5, 5.41) is 8.67. The zero-order chi connectivity index (χ0) is 20.1.